The van der Waals surface area contributed by atoms with Gasteiger partial charge in [0.25, 0.3) is 0 Å². The van der Waals surface area contributed by atoms with E-state index in [1.807, 2.05) is 11.0 Å². The molecule has 0 amide bonds. The fourth-order valence-electron chi connectivity index (χ4n) is 5.01. The van der Waals surface area contributed by atoms with Gasteiger partial charge in [-0.05, 0) is 30.2 Å². The molecule has 11 nitrogen and oxygen atoms in total. The number of morpholine rings is 1. The second-order valence-corrected chi connectivity index (χ2v) is 13.8. The van der Waals surface area contributed by atoms with Crippen LogP contribution in [0.15, 0.2) is 41.5 Å². The molecule has 220 valence electrons. The number of aromatic nitrogens is 3. The van der Waals surface area contributed by atoms with Crippen LogP contribution in [-0.2, 0) is 26.0 Å². The van der Waals surface area contributed by atoms with Crippen molar-refractivity contribution < 1.29 is 22.7 Å². The van der Waals surface area contributed by atoms with E-state index in [1.165, 1.54) is 27.0 Å². The highest BCUT2D eigenvalue weighted by molar-refractivity contribution is 7.93. The van der Waals surface area contributed by atoms with Gasteiger partial charge in [0.15, 0.2) is 5.65 Å². The largest absolute Gasteiger partial charge is 0.418 e. The van der Waals surface area contributed by atoms with E-state index < -0.39 is 21.6 Å². The highest BCUT2D eigenvalue weighted by Crippen LogP contribution is 2.36. The zero-order valence-electron chi connectivity index (χ0n) is 22.4. The number of sulfonamides is 1. The SMILES string of the molecule is CC(=O)Oc1c(-c2ncc(Cc3ccc(Cl)c(Cl)c3)s2)nc2c(N3CCCS3(=O)=O)cc(N3CCOCC3)cn2c1=O. The Balaban J connectivity index is 1.52. The molecule has 0 saturated carbocycles. The summed E-state index contributed by atoms with van der Waals surface area (Å²) in [5.74, 6) is -0.993. The zero-order chi connectivity index (χ0) is 29.6. The van der Waals surface area contributed by atoms with Crippen molar-refractivity contribution in [1.29, 1.82) is 0 Å². The average molecular weight is 651 g/mol. The van der Waals surface area contributed by atoms with Gasteiger partial charge < -0.3 is 14.4 Å². The monoisotopic (exact) mass is 649 g/mol. The molecular formula is C27H25Cl2N5O6S2. The Morgan fingerprint density at radius 2 is 1.93 bits per heavy atom. The number of nitrogens with zero attached hydrogens (tertiary/aromatic N) is 5. The van der Waals surface area contributed by atoms with E-state index in [9.17, 15) is 18.0 Å². The van der Waals surface area contributed by atoms with E-state index in [4.69, 9.17) is 37.7 Å². The van der Waals surface area contributed by atoms with Gasteiger partial charge in [0.2, 0.25) is 15.8 Å². The topological polar surface area (TPSA) is 123 Å². The second-order valence-electron chi connectivity index (χ2n) is 9.86. The Morgan fingerprint density at radius 1 is 1.14 bits per heavy atom. The predicted molar refractivity (Wildman–Crippen MR) is 162 cm³/mol. The van der Waals surface area contributed by atoms with E-state index in [0.717, 1.165) is 10.4 Å². The molecule has 2 aliphatic heterocycles. The molecule has 2 aliphatic rings. The van der Waals surface area contributed by atoms with Crippen LogP contribution in [-0.4, -0.2) is 67.4 Å². The number of anilines is 2. The van der Waals surface area contributed by atoms with E-state index >= 15 is 0 Å². The van der Waals surface area contributed by atoms with Crippen molar-refractivity contribution >= 4 is 67.6 Å². The molecule has 0 bridgehead atoms. The van der Waals surface area contributed by atoms with Gasteiger partial charge in [0, 0.05) is 50.2 Å². The van der Waals surface area contributed by atoms with Crippen LogP contribution in [0, 0.1) is 0 Å². The maximum atomic E-state index is 14.0. The van der Waals surface area contributed by atoms with Crippen LogP contribution in [0.5, 0.6) is 5.75 Å². The van der Waals surface area contributed by atoms with Gasteiger partial charge in [-0.25, -0.2) is 18.4 Å². The first-order chi connectivity index (χ1) is 20.1. The number of carbonyl (C=O) groups is 1. The number of rotatable bonds is 6. The van der Waals surface area contributed by atoms with E-state index in [0.29, 0.717) is 59.9 Å². The highest BCUT2D eigenvalue weighted by atomic mass is 35.5. The number of thiazole rings is 1. The Kier molecular flexibility index (Phi) is 7.87. The number of benzene rings is 1. The minimum Gasteiger partial charge on any atom is -0.418 e. The lowest BCUT2D eigenvalue weighted by Crippen LogP contribution is -2.37. The smallest absolute Gasteiger partial charge is 0.308 e. The maximum absolute atomic E-state index is 14.0. The molecular weight excluding hydrogens is 625 g/mol. The molecule has 2 saturated heterocycles. The van der Waals surface area contributed by atoms with Crippen molar-refractivity contribution in [1.82, 2.24) is 14.4 Å². The van der Waals surface area contributed by atoms with Gasteiger partial charge in [0.1, 0.15) is 10.7 Å². The van der Waals surface area contributed by atoms with Crippen LogP contribution < -0.4 is 19.5 Å². The van der Waals surface area contributed by atoms with Crippen molar-refractivity contribution in [3.63, 3.8) is 0 Å². The Hall–Kier alpha value is -3.23. The van der Waals surface area contributed by atoms with Crippen molar-refractivity contribution in [2.45, 2.75) is 19.8 Å². The molecule has 0 N–H and O–H groups in total. The van der Waals surface area contributed by atoms with Crippen LogP contribution in [0.4, 0.5) is 11.4 Å². The van der Waals surface area contributed by atoms with Gasteiger partial charge in [-0.2, -0.15) is 0 Å². The lowest BCUT2D eigenvalue weighted by atomic mass is 10.1. The highest BCUT2D eigenvalue weighted by Gasteiger charge is 2.33. The molecule has 15 heteroatoms. The number of hydrogen-bond acceptors (Lipinski definition) is 10. The third-order valence-corrected chi connectivity index (χ3v) is 10.6. The van der Waals surface area contributed by atoms with Crippen molar-refractivity contribution in [2.24, 2.45) is 0 Å². The second kappa shape index (κ2) is 11.5. The summed E-state index contributed by atoms with van der Waals surface area (Å²) in [5, 5.41) is 1.22. The van der Waals surface area contributed by atoms with Crippen LogP contribution in [0.25, 0.3) is 16.3 Å². The number of halogens is 2. The Bertz CT molecular complexity index is 1870. The van der Waals surface area contributed by atoms with Crippen LogP contribution in [0.2, 0.25) is 10.0 Å². The maximum Gasteiger partial charge on any atom is 0.308 e. The molecule has 0 atom stereocenters. The number of carbonyl (C=O) groups excluding carboxylic acids is 1. The molecule has 0 spiro atoms. The lowest BCUT2D eigenvalue weighted by molar-refractivity contribution is -0.131. The molecule has 1 aromatic carbocycles. The van der Waals surface area contributed by atoms with E-state index in [-0.39, 0.29) is 35.1 Å². The fraction of sp³-hybridized carbons (Fsp3) is 0.333. The molecule has 3 aromatic heterocycles. The number of hydrogen-bond donors (Lipinski definition) is 0. The van der Waals surface area contributed by atoms with E-state index in [2.05, 4.69) is 4.98 Å². The normalized spacial score (nSPS) is 16.7. The minimum atomic E-state index is -3.62. The van der Waals surface area contributed by atoms with Crippen LogP contribution >= 0.6 is 34.5 Å². The Morgan fingerprint density at radius 3 is 2.62 bits per heavy atom. The third-order valence-electron chi connectivity index (χ3n) is 6.96. The summed E-state index contributed by atoms with van der Waals surface area (Å²) < 4.78 is 39.5. The zero-order valence-corrected chi connectivity index (χ0v) is 25.5. The summed E-state index contributed by atoms with van der Waals surface area (Å²) in [6.07, 6.45) is 4.18. The molecule has 2 fully saturated rings. The van der Waals surface area contributed by atoms with Gasteiger partial charge >= 0.3 is 11.5 Å². The first-order valence-corrected chi connectivity index (χ1v) is 16.3. The molecule has 6 rings (SSSR count). The number of pyridine rings is 1. The number of esters is 1. The molecule has 4 aromatic rings. The summed E-state index contributed by atoms with van der Waals surface area (Å²) in [4.78, 5) is 38.2. The standard InChI is InChI=1S/C27H25Cl2N5O6S2/c1-16(35)40-24-23(26-30-14-19(41-26)11-17-3-4-20(28)21(29)12-17)31-25-22(34-5-2-10-42(34,37)38)13-18(15-33(25)27(24)36)32-6-8-39-9-7-32/h3-4,12-15H,2,5-11H2,1H3. The molecule has 42 heavy (non-hydrogen) atoms. The number of ether oxygens (including phenoxy) is 2. The minimum absolute atomic E-state index is 0.00584. The predicted octanol–water partition coefficient (Wildman–Crippen LogP) is 4.02. The van der Waals surface area contributed by atoms with Gasteiger partial charge in [0.05, 0.1) is 40.4 Å². The van der Waals surface area contributed by atoms with Crippen LogP contribution in [0.1, 0.15) is 23.8 Å². The van der Waals surface area contributed by atoms with Crippen molar-refractivity contribution in [3.8, 4) is 16.5 Å². The molecule has 0 radical (unpaired) electrons. The van der Waals surface area contributed by atoms with Gasteiger partial charge in [-0.3, -0.25) is 18.3 Å². The molecule has 0 aliphatic carbocycles. The van der Waals surface area contributed by atoms with Crippen LogP contribution in [0.3, 0.4) is 0 Å². The first kappa shape index (κ1) is 28.9. The van der Waals surface area contributed by atoms with Crippen molar-refractivity contribution in [2.75, 3.05) is 47.8 Å². The van der Waals surface area contributed by atoms with Crippen molar-refractivity contribution in [3.05, 3.63) is 67.5 Å². The van der Waals surface area contributed by atoms with E-state index in [1.54, 1.807) is 30.6 Å². The van der Waals surface area contributed by atoms with Gasteiger partial charge in [-0.15, -0.1) is 11.3 Å². The molecule has 5 heterocycles. The first-order valence-electron chi connectivity index (χ1n) is 13.1. The molecule has 0 unspecified atom stereocenters. The average Bonchev–Trinajstić information content (AvgIpc) is 3.57. The van der Waals surface area contributed by atoms with Gasteiger partial charge in [-0.1, -0.05) is 29.3 Å². The summed E-state index contributed by atoms with van der Waals surface area (Å²) in [6.45, 7) is 3.57. The summed E-state index contributed by atoms with van der Waals surface area (Å²) in [7, 11) is -3.62. The Labute approximate surface area is 255 Å². The summed E-state index contributed by atoms with van der Waals surface area (Å²) in [6, 6.07) is 7.07. The summed E-state index contributed by atoms with van der Waals surface area (Å²) >= 11 is 13.5. The number of fused-ring (bicyclic) bond motifs is 1. The third kappa shape index (κ3) is 5.59. The lowest BCUT2D eigenvalue weighted by Gasteiger charge is -2.30. The summed E-state index contributed by atoms with van der Waals surface area (Å²) in [5.41, 5.74) is 1.33. The quantitative estimate of drug-likeness (QED) is 0.285. The fourth-order valence-corrected chi connectivity index (χ4v) is 7.82.